The first-order valence-corrected chi connectivity index (χ1v) is 9.37. The van der Waals surface area contributed by atoms with Gasteiger partial charge in [-0.2, -0.15) is 4.68 Å². The molecule has 8 nitrogen and oxygen atoms in total. The fraction of sp³-hybridized carbons (Fsp3) is 0.158. The van der Waals surface area contributed by atoms with Crippen LogP contribution in [0.15, 0.2) is 64.5 Å². The number of benzene rings is 2. The molecule has 2 aromatic carbocycles. The van der Waals surface area contributed by atoms with Crippen molar-refractivity contribution < 1.29 is 14.3 Å². The number of rotatable bonds is 7. The number of aromatic nitrogens is 3. The Morgan fingerprint density at radius 1 is 1.14 bits per heavy atom. The van der Waals surface area contributed by atoms with Gasteiger partial charge >= 0.3 is 11.7 Å². The Balaban J connectivity index is 1.51. The maximum Gasteiger partial charge on any atom is 0.348 e. The third-order valence-electron chi connectivity index (χ3n) is 3.80. The Kier molecular flexibility index (Phi) is 6.28. The largest absolute Gasteiger partial charge is 0.465 e. The van der Waals surface area contributed by atoms with Crippen molar-refractivity contribution in [2.24, 2.45) is 0 Å². The minimum atomic E-state index is -0.407. The number of carbonyl (C=O) groups is 2. The summed E-state index contributed by atoms with van der Waals surface area (Å²) in [5, 5.41) is 7.34. The van der Waals surface area contributed by atoms with Gasteiger partial charge in [-0.1, -0.05) is 42.1 Å². The van der Waals surface area contributed by atoms with E-state index in [1.54, 1.807) is 36.4 Å². The molecule has 3 aromatic rings. The molecule has 0 unspecified atom stereocenters. The van der Waals surface area contributed by atoms with Crippen molar-refractivity contribution in [3.05, 3.63) is 76.2 Å². The zero-order valence-corrected chi connectivity index (χ0v) is 15.9. The van der Waals surface area contributed by atoms with E-state index in [-0.39, 0.29) is 17.3 Å². The van der Waals surface area contributed by atoms with E-state index < -0.39 is 5.97 Å². The van der Waals surface area contributed by atoms with Crippen LogP contribution in [0.3, 0.4) is 0 Å². The highest BCUT2D eigenvalue weighted by molar-refractivity contribution is 7.99. The summed E-state index contributed by atoms with van der Waals surface area (Å²) in [5.74, 6) is -0.491. The number of para-hydroxylation sites is 1. The quantitative estimate of drug-likeness (QED) is 0.464. The fourth-order valence-corrected chi connectivity index (χ4v) is 3.05. The van der Waals surface area contributed by atoms with Crippen molar-refractivity contribution in [3.63, 3.8) is 0 Å². The number of thioether (sulfide) groups is 1. The molecule has 28 heavy (non-hydrogen) atoms. The number of carbonyl (C=O) groups excluding carboxylic acids is 2. The van der Waals surface area contributed by atoms with Crippen LogP contribution in [-0.4, -0.2) is 39.5 Å². The molecule has 0 aliphatic rings. The number of esters is 1. The molecular weight excluding hydrogens is 380 g/mol. The predicted molar refractivity (Wildman–Crippen MR) is 105 cm³/mol. The number of H-pyrrole nitrogens is 1. The molecule has 1 aromatic heterocycles. The Labute approximate surface area is 164 Å². The smallest absolute Gasteiger partial charge is 0.348 e. The van der Waals surface area contributed by atoms with Gasteiger partial charge in [-0.15, -0.1) is 5.10 Å². The van der Waals surface area contributed by atoms with Crippen molar-refractivity contribution in [2.75, 3.05) is 12.9 Å². The van der Waals surface area contributed by atoms with Gasteiger partial charge in [0.05, 0.1) is 24.1 Å². The summed E-state index contributed by atoms with van der Waals surface area (Å²) < 4.78 is 5.90. The van der Waals surface area contributed by atoms with Crippen LogP contribution in [0.4, 0.5) is 0 Å². The van der Waals surface area contributed by atoms with Crippen LogP contribution in [0.2, 0.25) is 0 Å². The van der Waals surface area contributed by atoms with Crippen LogP contribution in [0.25, 0.3) is 5.69 Å². The number of ether oxygens (including phenoxy) is 1. The zero-order valence-electron chi connectivity index (χ0n) is 15.0. The summed E-state index contributed by atoms with van der Waals surface area (Å²) >= 11 is 1.14. The highest BCUT2D eigenvalue weighted by Gasteiger charge is 2.10. The third-order valence-corrected chi connectivity index (χ3v) is 4.67. The molecule has 1 heterocycles. The van der Waals surface area contributed by atoms with E-state index in [2.05, 4.69) is 20.1 Å². The van der Waals surface area contributed by atoms with Crippen molar-refractivity contribution in [3.8, 4) is 5.69 Å². The van der Waals surface area contributed by atoms with Crippen molar-refractivity contribution in [1.29, 1.82) is 0 Å². The molecule has 3 rings (SSSR count). The van der Waals surface area contributed by atoms with Gasteiger partial charge in [0.25, 0.3) is 0 Å². The normalized spacial score (nSPS) is 10.5. The van der Waals surface area contributed by atoms with Gasteiger partial charge in [-0.25, -0.2) is 9.59 Å². The molecule has 0 aliphatic carbocycles. The first kappa shape index (κ1) is 19.4. The highest BCUT2D eigenvalue weighted by atomic mass is 32.2. The van der Waals surface area contributed by atoms with E-state index in [0.29, 0.717) is 23.0 Å². The SMILES string of the molecule is COC(=O)c1ccc(CNC(=O)CSc2nn(-c3ccccc3)c(=O)[nH]2)cc1. The topological polar surface area (TPSA) is 106 Å². The summed E-state index contributed by atoms with van der Waals surface area (Å²) in [6.07, 6.45) is 0. The summed E-state index contributed by atoms with van der Waals surface area (Å²) in [6.45, 7) is 0.329. The highest BCUT2D eigenvalue weighted by Crippen LogP contribution is 2.12. The van der Waals surface area contributed by atoms with Crippen LogP contribution in [0, 0.1) is 0 Å². The maximum atomic E-state index is 12.0. The first-order chi connectivity index (χ1) is 13.6. The lowest BCUT2D eigenvalue weighted by Crippen LogP contribution is -2.24. The lowest BCUT2D eigenvalue weighted by molar-refractivity contribution is -0.118. The molecule has 0 saturated carbocycles. The maximum absolute atomic E-state index is 12.0. The molecule has 0 fully saturated rings. The number of aromatic amines is 1. The van der Waals surface area contributed by atoms with Crippen LogP contribution >= 0.6 is 11.8 Å². The molecule has 0 saturated heterocycles. The van der Waals surface area contributed by atoms with Crippen molar-refractivity contribution >= 4 is 23.6 Å². The van der Waals surface area contributed by atoms with Gasteiger partial charge in [0.15, 0.2) is 5.16 Å². The number of nitrogens with zero attached hydrogens (tertiary/aromatic N) is 2. The molecule has 2 N–H and O–H groups in total. The van der Waals surface area contributed by atoms with Crippen LogP contribution in [-0.2, 0) is 16.1 Å². The van der Waals surface area contributed by atoms with Crippen LogP contribution in [0.5, 0.6) is 0 Å². The fourth-order valence-electron chi connectivity index (χ4n) is 2.38. The van der Waals surface area contributed by atoms with Gasteiger partial charge in [0.2, 0.25) is 5.91 Å². The molecule has 1 amide bonds. The first-order valence-electron chi connectivity index (χ1n) is 8.38. The van der Waals surface area contributed by atoms with E-state index in [9.17, 15) is 14.4 Å². The van der Waals surface area contributed by atoms with Crippen LogP contribution < -0.4 is 11.0 Å². The van der Waals surface area contributed by atoms with Gasteiger partial charge in [-0.3, -0.25) is 9.78 Å². The van der Waals surface area contributed by atoms with Gasteiger partial charge in [-0.05, 0) is 29.8 Å². The molecule has 144 valence electrons. The Morgan fingerprint density at radius 3 is 2.54 bits per heavy atom. The Morgan fingerprint density at radius 2 is 1.86 bits per heavy atom. The lowest BCUT2D eigenvalue weighted by atomic mass is 10.1. The van der Waals surface area contributed by atoms with Crippen LogP contribution in [0.1, 0.15) is 15.9 Å². The number of hydrogen-bond acceptors (Lipinski definition) is 6. The van der Waals surface area contributed by atoms with E-state index in [1.807, 2.05) is 18.2 Å². The Bertz CT molecular complexity index is 1010. The second kappa shape index (κ2) is 9.05. The second-order valence-corrected chi connectivity index (χ2v) is 6.70. The molecule has 9 heteroatoms. The summed E-state index contributed by atoms with van der Waals surface area (Å²) in [5.41, 5.74) is 1.59. The monoisotopic (exact) mass is 398 g/mol. The number of methoxy groups -OCH3 is 1. The molecule has 0 radical (unpaired) electrons. The predicted octanol–water partition coefficient (Wildman–Crippen LogP) is 1.76. The average molecular weight is 398 g/mol. The van der Waals surface area contributed by atoms with E-state index in [1.165, 1.54) is 11.8 Å². The molecular formula is C19H18N4O4S. The standard InChI is InChI=1S/C19H18N4O4S/c1-27-17(25)14-9-7-13(8-10-14)11-20-16(24)12-28-18-21-19(26)23(22-18)15-5-3-2-4-6-15/h2-10H,11-12H2,1H3,(H,20,24)(H,21,22,26). The second-order valence-electron chi connectivity index (χ2n) is 5.74. The number of hydrogen-bond donors (Lipinski definition) is 2. The van der Waals surface area contributed by atoms with E-state index in [4.69, 9.17) is 0 Å². The number of amides is 1. The van der Waals surface area contributed by atoms with E-state index >= 15 is 0 Å². The summed E-state index contributed by atoms with van der Waals surface area (Å²) in [7, 11) is 1.32. The average Bonchev–Trinajstić information content (AvgIpc) is 3.11. The minimum Gasteiger partial charge on any atom is -0.465 e. The molecule has 0 atom stereocenters. The zero-order chi connectivity index (χ0) is 19.9. The lowest BCUT2D eigenvalue weighted by Gasteiger charge is -2.05. The number of nitrogens with one attached hydrogen (secondary N) is 2. The van der Waals surface area contributed by atoms with Gasteiger partial charge < -0.3 is 10.1 Å². The molecule has 0 aliphatic heterocycles. The Hall–Kier alpha value is -3.33. The van der Waals surface area contributed by atoms with Gasteiger partial charge in [0, 0.05) is 6.54 Å². The summed E-state index contributed by atoms with van der Waals surface area (Å²) in [4.78, 5) is 38.1. The van der Waals surface area contributed by atoms with Crippen molar-refractivity contribution in [1.82, 2.24) is 20.1 Å². The van der Waals surface area contributed by atoms with Gasteiger partial charge in [0.1, 0.15) is 0 Å². The summed E-state index contributed by atoms with van der Waals surface area (Å²) in [6, 6.07) is 15.8. The molecule has 0 spiro atoms. The molecule has 0 bridgehead atoms. The van der Waals surface area contributed by atoms with E-state index in [0.717, 1.165) is 17.3 Å². The third kappa shape index (κ3) is 4.89. The minimum absolute atomic E-state index is 0.113. The van der Waals surface area contributed by atoms with Crippen molar-refractivity contribution in [2.45, 2.75) is 11.7 Å².